The number of nitrogens with zero attached hydrogens (tertiary/aromatic N) is 2. The summed E-state index contributed by atoms with van der Waals surface area (Å²) in [5.74, 6) is 0.752. The minimum Gasteiger partial charge on any atom is -0.494 e. The van der Waals surface area contributed by atoms with E-state index >= 15 is 0 Å². The number of sulfonamides is 1. The lowest BCUT2D eigenvalue weighted by Gasteiger charge is -2.12. The Morgan fingerprint density at radius 3 is 2.45 bits per heavy atom. The Balaban J connectivity index is 1.74. The fraction of sp³-hybridized carbons (Fsp3) is 0.273. The quantitative estimate of drug-likeness (QED) is 0.554. The number of aromatic nitrogens is 2. The molecule has 31 heavy (non-hydrogen) atoms. The Kier molecular flexibility index (Phi) is 7.15. The van der Waals surface area contributed by atoms with Crippen molar-refractivity contribution in [3.8, 4) is 17.0 Å². The second-order valence-electron chi connectivity index (χ2n) is 7.00. The van der Waals surface area contributed by atoms with Crippen LogP contribution < -0.4 is 15.0 Å². The molecule has 0 amide bonds. The largest absolute Gasteiger partial charge is 0.494 e. The molecule has 1 aromatic heterocycles. The minimum absolute atomic E-state index is 0.0169. The number of benzene rings is 2. The van der Waals surface area contributed by atoms with Gasteiger partial charge in [-0.25, -0.2) is 17.8 Å². The molecule has 0 unspecified atom stereocenters. The van der Waals surface area contributed by atoms with Crippen molar-refractivity contribution >= 4 is 21.6 Å². The standard InChI is InChI=1S/C22H24ClN3O4S/c1-4-30-18-7-5-17(6-8-18)20-9-10-22(27)26(25-20)12-11-24-31(28,29)21-14-15(2)19(23)13-16(21)3/h5-10,13-14,24H,4,11-12H2,1-3H3. The maximum absolute atomic E-state index is 12.7. The van der Waals surface area contributed by atoms with E-state index in [2.05, 4.69) is 9.82 Å². The number of ether oxygens (including phenoxy) is 1. The van der Waals surface area contributed by atoms with Gasteiger partial charge in [0, 0.05) is 23.2 Å². The highest BCUT2D eigenvalue weighted by Gasteiger charge is 2.18. The van der Waals surface area contributed by atoms with Gasteiger partial charge in [-0.2, -0.15) is 5.10 Å². The van der Waals surface area contributed by atoms with Crippen LogP contribution in [0.5, 0.6) is 5.75 Å². The third-order valence-electron chi connectivity index (χ3n) is 4.69. The summed E-state index contributed by atoms with van der Waals surface area (Å²) in [7, 11) is -3.75. The fourth-order valence-corrected chi connectivity index (χ4v) is 4.61. The van der Waals surface area contributed by atoms with E-state index in [1.807, 2.05) is 31.2 Å². The zero-order valence-electron chi connectivity index (χ0n) is 17.6. The van der Waals surface area contributed by atoms with Crippen molar-refractivity contribution in [1.82, 2.24) is 14.5 Å². The SMILES string of the molecule is CCOc1ccc(-c2ccc(=O)n(CCNS(=O)(=O)c3cc(C)c(Cl)cc3C)n2)cc1. The lowest BCUT2D eigenvalue weighted by Crippen LogP contribution is -2.32. The number of aryl methyl sites for hydroxylation is 2. The second kappa shape index (κ2) is 9.64. The molecule has 0 spiro atoms. The number of rotatable bonds is 8. The monoisotopic (exact) mass is 461 g/mol. The van der Waals surface area contributed by atoms with Crippen LogP contribution in [-0.4, -0.2) is 31.3 Å². The van der Waals surface area contributed by atoms with E-state index in [9.17, 15) is 13.2 Å². The van der Waals surface area contributed by atoms with Crippen molar-refractivity contribution in [1.29, 1.82) is 0 Å². The Morgan fingerprint density at radius 2 is 1.77 bits per heavy atom. The maximum Gasteiger partial charge on any atom is 0.266 e. The summed E-state index contributed by atoms with van der Waals surface area (Å²) in [5.41, 5.74) is 2.34. The highest BCUT2D eigenvalue weighted by molar-refractivity contribution is 7.89. The van der Waals surface area contributed by atoms with Crippen LogP contribution in [0.25, 0.3) is 11.3 Å². The van der Waals surface area contributed by atoms with Crippen LogP contribution in [0.15, 0.2) is 58.2 Å². The van der Waals surface area contributed by atoms with E-state index in [-0.39, 0.29) is 23.5 Å². The molecule has 0 bridgehead atoms. The fourth-order valence-electron chi connectivity index (χ4n) is 3.06. The molecule has 3 rings (SSSR count). The first-order valence-electron chi connectivity index (χ1n) is 9.79. The smallest absolute Gasteiger partial charge is 0.266 e. The lowest BCUT2D eigenvalue weighted by molar-refractivity contribution is 0.340. The first-order valence-corrected chi connectivity index (χ1v) is 11.6. The van der Waals surface area contributed by atoms with Crippen LogP contribution in [-0.2, 0) is 16.6 Å². The van der Waals surface area contributed by atoms with Gasteiger partial charge in [0.15, 0.2) is 0 Å². The van der Waals surface area contributed by atoms with Crippen LogP contribution in [0.1, 0.15) is 18.1 Å². The molecule has 0 aliphatic heterocycles. The molecule has 0 aliphatic carbocycles. The van der Waals surface area contributed by atoms with Gasteiger partial charge in [-0.15, -0.1) is 0 Å². The first-order chi connectivity index (χ1) is 14.7. The second-order valence-corrected chi connectivity index (χ2v) is 9.14. The molecular formula is C22H24ClN3O4S. The minimum atomic E-state index is -3.75. The van der Waals surface area contributed by atoms with Crippen LogP contribution in [0.4, 0.5) is 0 Å². The predicted octanol–water partition coefficient (Wildman–Crippen LogP) is 3.56. The topological polar surface area (TPSA) is 90.3 Å². The first kappa shape index (κ1) is 23.0. The molecular weight excluding hydrogens is 438 g/mol. The molecule has 0 fully saturated rings. The van der Waals surface area contributed by atoms with Crippen LogP contribution >= 0.6 is 11.6 Å². The highest BCUT2D eigenvalue weighted by Crippen LogP contribution is 2.24. The van der Waals surface area contributed by atoms with Crippen molar-refractivity contribution in [2.24, 2.45) is 0 Å². The van der Waals surface area contributed by atoms with Gasteiger partial charge in [0.1, 0.15) is 5.75 Å². The van der Waals surface area contributed by atoms with E-state index in [1.165, 1.54) is 16.8 Å². The highest BCUT2D eigenvalue weighted by atomic mass is 35.5. The molecule has 9 heteroatoms. The Morgan fingerprint density at radius 1 is 1.06 bits per heavy atom. The molecule has 0 radical (unpaired) electrons. The summed E-state index contributed by atoms with van der Waals surface area (Å²) < 4.78 is 34.6. The molecule has 2 aromatic carbocycles. The summed E-state index contributed by atoms with van der Waals surface area (Å²) in [6, 6.07) is 13.6. The normalized spacial score (nSPS) is 11.5. The van der Waals surface area contributed by atoms with Gasteiger partial charge in [0.05, 0.1) is 23.7 Å². The maximum atomic E-state index is 12.7. The van der Waals surface area contributed by atoms with E-state index in [4.69, 9.17) is 16.3 Å². The summed E-state index contributed by atoms with van der Waals surface area (Å²) in [6.45, 7) is 6.03. The molecule has 0 saturated heterocycles. The van der Waals surface area contributed by atoms with Gasteiger partial charge in [-0.3, -0.25) is 4.79 Å². The van der Waals surface area contributed by atoms with Gasteiger partial charge in [0.25, 0.3) is 5.56 Å². The van der Waals surface area contributed by atoms with E-state index in [0.717, 1.165) is 11.3 Å². The molecule has 1 N–H and O–H groups in total. The van der Waals surface area contributed by atoms with E-state index < -0.39 is 10.0 Å². The molecule has 0 atom stereocenters. The van der Waals surface area contributed by atoms with Crippen molar-refractivity contribution in [2.75, 3.05) is 13.2 Å². The number of hydrogen-bond donors (Lipinski definition) is 1. The molecule has 0 saturated carbocycles. The molecule has 0 aliphatic rings. The number of hydrogen-bond acceptors (Lipinski definition) is 5. The number of halogens is 1. The Labute approximate surface area is 186 Å². The average molecular weight is 462 g/mol. The van der Waals surface area contributed by atoms with E-state index in [1.54, 1.807) is 26.0 Å². The average Bonchev–Trinajstić information content (AvgIpc) is 2.73. The molecule has 1 heterocycles. The van der Waals surface area contributed by atoms with Crippen molar-refractivity contribution in [3.63, 3.8) is 0 Å². The number of nitrogens with one attached hydrogen (secondary N) is 1. The molecule has 3 aromatic rings. The van der Waals surface area contributed by atoms with Gasteiger partial charge < -0.3 is 4.74 Å². The van der Waals surface area contributed by atoms with Crippen molar-refractivity contribution in [3.05, 3.63) is 75.0 Å². The summed E-state index contributed by atoms with van der Waals surface area (Å²) >= 11 is 6.06. The lowest BCUT2D eigenvalue weighted by atomic mass is 10.1. The van der Waals surface area contributed by atoms with Gasteiger partial charge in [0.2, 0.25) is 10.0 Å². The van der Waals surface area contributed by atoms with Gasteiger partial charge in [-0.1, -0.05) is 11.6 Å². The summed E-state index contributed by atoms with van der Waals surface area (Å²) in [4.78, 5) is 12.4. The zero-order chi connectivity index (χ0) is 22.6. The zero-order valence-corrected chi connectivity index (χ0v) is 19.1. The van der Waals surface area contributed by atoms with E-state index in [0.29, 0.717) is 28.5 Å². The third kappa shape index (κ3) is 5.52. The summed E-state index contributed by atoms with van der Waals surface area (Å²) in [6.07, 6.45) is 0. The van der Waals surface area contributed by atoms with Crippen LogP contribution in [0, 0.1) is 13.8 Å². The summed E-state index contributed by atoms with van der Waals surface area (Å²) in [5, 5.41) is 4.88. The van der Waals surface area contributed by atoms with Gasteiger partial charge in [-0.05, 0) is 74.4 Å². The molecule has 7 nitrogen and oxygen atoms in total. The van der Waals surface area contributed by atoms with Gasteiger partial charge >= 0.3 is 0 Å². The Hall–Kier alpha value is -2.68. The molecule has 164 valence electrons. The Bertz CT molecular complexity index is 1240. The van der Waals surface area contributed by atoms with Crippen LogP contribution in [0.2, 0.25) is 5.02 Å². The van der Waals surface area contributed by atoms with Crippen molar-refractivity contribution in [2.45, 2.75) is 32.2 Å². The van der Waals surface area contributed by atoms with Crippen molar-refractivity contribution < 1.29 is 13.2 Å². The predicted molar refractivity (Wildman–Crippen MR) is 121 cm³/mol. The third-order valence-corrected chi connectivity index (χ3v) is 6.70. The van der Waals surface area contributed by atoms with Crippen LogP contribution in [0.3, 0.4) is 0 Å².